The lowest BCUT2D eigenvalue weighted by molar-refractivity contribution is 0.0911. The highest BCUT2D eigenvalue weighted by Crippen LogP contribution is 2.20. The van der Waals surface area contributed by atoms with Crippen LogP contribution in [-0.2, 0) is 6.61 Å². The fourth-order valence-corrected chi connectivity index (χ4v) is 2.13. The van der Waals surface area contributed by atoms with Crippen molar-refractivity contribution in [2.75, 3.05) is 7.11 Å². The summed E-state index contributed by atoms with van der Waals surface area (Å²) in [5.41, 5.74) is 0.288. The lowest BCUT2D eigenvalue weighted by Gasteiger charge is -2.25. The van der Waals surface area contributed by atoms with Crippen molar-refractivity contribution >= 4 is 5.91 Å². The number of hydrogen-bond acceptors (Lipinski definition) is 5. The molecule has 0 atom stereocenters. The van der Waals surface area contributed by atoms with E-state index < -0.39 is 0 Å². The maximum atomic E-state index is 11.9. The van der Waals surface area contributed by atoms with Crippen LogP contribution in [0.2, 0.25) is 0 Å². The van der Waals surface area contributed by atoms with E-state index in [0.717, 1.165) is 12.8 Å². The van der Waals surface area contributed by atoms with Gasteiger partial charge in [0.25, 0.3) is 5.91 Å². The summed E-state index contributed by atoms with van der Waals surface area (Å²) in [5.74, 6) is 1.53. The maximum absolute atomic E-state index is 11.9. The van der Waals surface area contributed by atoms with Crippen LogP contribution in [0.15, 0.2) is 34.9 Å². The zero-order chi connectivity index (χ0) is 15.4. The molecule has 1 aromatic carbocycles. The van der Waals surface area contributed by atoms with Gasteiger partial charge in [-0.1, -0.05) is 6.07 Å². The second-order valence-corrected chi connectivity index (χ2v) is 5.20. The Bertz CT molecular complexity index is 649. The van der Waals surface area contributed by atoms with E-state index in [0.29, 0.717) is 17.4 Å². The van der Waals surface area contributed by atoms with Gasteiger partial charge < -0.3 is 19.2 Å². The normalized spacial score (nSPS) is 14.2. The van der Waals surface area contributed by atoms with E-state index in [2.05, 4.69) is 10.3 Å². The van der Waals surface area contributed by atoms with Gasteiger partial charge in [-0.15, -0.1) is 0 Å². The van der Waals surface area contributed by atoms with Gasteiger partial charge in [0.1, 0.15) is 17.8 Å². The largest absolute Gasteiger partial charge is 0.497 e. The fourth-order valence-electron chi connectivity index (χ4n) is 2.13. The van der Waals surface area contributed by atoms with Gasteiger partial charge in [-0.05, 0) is 31.4 Å². The predicted molar refractivity (Wildman–Crippen MR) is 78.9 cm³/mol. The monoisotopic (exact) mass is 302 g/mol. The van der Waals surface area contributed by atoms with Gasteiger partial charge in [0.05, 0.1) is 7.11 Å². The van der Waals surface area contributed by atoms with Crippen LogP contribution in [0.1, 0.15) is 35.6 Å². The number of ether oxygens (including phenoxy) is 2. The Morgan fingerprint density at radius 1 is 1.41 bits per heavy atom. The van der Waals surface area contributed by atoms with E-state index in [-0.39, 0.29) is 24.2 Å². The molecule has 6 heteroatoms. The van der Waals surface area contributed by atoms with Crippen molar-refractivity contribution in [2.45, 2.75) is 31.9 Å². The van der Waals surface area contributed by atoms with E-state index in [1.165, 1.54) is 12.7 Å². The molecule has 0 unspecified atom stereocenters. The summed E-state index contributed by atoms with van der Waals surface area (Å²) in [6, 6.07) is 7.53. The number of carbonyl (C=O) groups excluding carboxylic acids is 1. The summed E-state index contributed by atoms with van der Waals surface area (Å²) in [6.07, 6.45) is 4.60. The topological polar surface area (TPSA) is 73.6 Å². The smallest absolute Gasteiger partial charge is 0.273 e. The standard InChI is InChI=1S/C16H18N2O4/c1-20-12-6-3-7-13(8-12)21-10-15-18-14(9-22-15)16(19)17-11-4-2-5-11/h3,6-9,11H,2,4-5,10H2,1H3,(H,17,19). The average Bonchev–Trinajstić information content (AvgIpc) is 2.98. The number of amides is 1. The molecule has 1 fully saturated rings. The third-order valence-corrected chi connectivity index (χ3v) is 3.63. The number of nitrogens with zero attached hydrogens (tertiary/aromatic N) is 1. The maximum Gasteiger partial charge on any atom is 0.273 e. The number of hydrogen-bond donors (Lipinski definition) is 1. The van der Waals surface area contributed by atoms with Crippen molar-refractivity contribution in [3.05, 3.63) is 42.1 Å². The van der Waals surface area contributed by atoms with Gasteiger partial charge in [-0.2, -0.15) is 0 Å². The molecule has 22 heavy (non-hydrogen) atoms. The van der Waals surface area contributed by atoms with Gasteiger partial charge in [-0.25, -0.2) is 4.98 Å². The first-order valence-electron chi connectivity index (χ1n) is 7.27. The van der Waals surface area contributed by atoms with Crippen molar-refractivity contribution in [1.82, 2.24) is 10.3 Å². The van der Waals surface area contributed by atoms with Crippen LogP contribution in [0.3, 0.4) is 0 Å². The Labute approximate surface area is 128 Å². The van der Waals surface area contributed by atoms with Crippen molar-refractivity contribution in [3.63, 3.8) is 0 Å². The summed E-state index contributed by atoms with van der Waals surface area (Å²) in [5, 5.41) is 2.92. The second-order valence-electron chi connectivity index (χ2n) is 5.20. The van der Waals surface area contributed by atoms with E-state index in [4.69, 9.17) is 13.9 Å². The highest BCUT2D eigenvalue weighted by atomic mass is 16.5. The minimum atomic E-state index is -0.193. The van der Waals surface area contributed by atoms with E-state index in [9.17, 15) is 4.79 Å². The van der Waals surface area contributed by atoms with E-state index in [1.807, 2.05) is 18.2 Å². The second kappa shape index (κ2) is 6.51. The molecular formula is C16H18N2O4. The molecule has 1 aliphatic rings. The van der Waals surface area contributed by atoms with Crippen LogP contribution >= 0.6 is 0 Å². The van der Waals surface area contributed by atoms with Crippen LogP contribution in [0.4, 0.5) is 0 Å². The molecule has 116 valence electrons. The molecule has 1 N–H and O–H groups in total. The minimum absolute atomic E-state index is 0.157. The summed E-state index contributed by atoms with van der Waals surface area (Å²) in [4.78, 5) is 16.1. The molecule has 1 amide bonds. The SMILES string of the molecule is COc1cccc(OCc2nc(C(=O)NC3CCC3)co2)c1. The van der Waals surface area contributed by atoms with Crippen molar-refractivity contribution < 1.29 is 18.7 Å². The summed E-state index contributed by atoms with van der Waals surface area (Å²) >= 11 is 0. The molecule has 1 saturated carbocycles. The van der Waals surface area contributed by atoms with Crippen LogP contribution in [-0.4, -0.2) is 24.0 Å². The summed E-state index contributed by atoms with van der Waals surface area (Å²) in [6.45, 7) is 0.157. The van der Waals surface area contributed by atoms with E-state index in [1.54, 1.807) is 13.2 Å². The number of rotatable bonds is 6. The number of oxazole rings is 1. The summed E-state index contributed by atoms with van der Waals surface area (Å²) in [7, 11) is 1.60. The molecule has 1 aliphatic carbocycles. The summed E-state index contributed by atoms with van der Waals surface area (Å²) < 4.78 is 16.0. The molecule has 0 bridgehead atoms. The zero-order valence-corrected chi connectivity index (χ0v) is 12.4. The number of benzene rings is 1. The molecule has 1 aromatic heterocycles. The van der Waals surface area contributed by atoms with Crippen LogP contribution in [0.25, 0.3) is 0 Å². The van der Waals surface area contributed by atoms with Crippen molar-refractivity contribution in [1.29, 1.82) is 0 Å². The molecule has 0 saturated heterocycles. The van der Waals surface area contributed by atoms with Crippen LogP contribution in [0.5, 0.6) is 11.5 Å². The molecule has 0 aliphatic heterocycles. The molecule has 0 radical (unpaired) electrons. The van der Waals surface area contributed by atoms with E-state index >= 15 is 0 Å². The minimum Gasteiger partial charge on any atom is -0.497 e. The third-order valence-electron chi connectivity index (χ3n) is 3.63. The Morgan fingerprint density at radius 2 is 2.23 bits per heavy atom. The number of carbonyl (C=O) groups is 1. The van der Waals surface area contributed by atoms with Gasteiger partial charge >= 0.3 is 0 Å². The van der Waals surface area contributed by atoms with Gasteiger partial charge in [0, 0.05) is 12.1 Å². The van der Waals surface area contributed by atoms with Gasteiger partial charge in [0.2, 0.25) is 5.89 Å². The van der Waals surface area contributed by atoms with Crippen molar-refractivity contribution in [3.8, 4) is 11.5 Å². The Kier molecular flexibility index (Phi) is 4.27. The van der Waals surface area contributed by atoms with Gasteiger partial charge in [0.15, 0.2) is 12.3 Å². The van der Waals surface area contributed by atoms with Crippen molar-refractivity contribution in [2.24, 2.45) is 0 Å². The Hall–Kier alpha value is -2.50. The van der Waals surface area contributed by atoms with Gasteiger partial charge in [-0.3, -0.25) is 4.79 Å². The average molecular weight is 302 g/mol. The first-order chi connectivity index (χ1) is 10.7. The molecule has 0 spiro atoms. The first-order valence-corrected chi connectivity index (χ1v) is 7.27. The third kappa shape index (κ3) is 3.39. The first kappa shape index (κ1) is 14.4. The molecule has 6 nitrogen and oxygen atoms in total. The highest BCUT2D eigenvalue weighted by Gasteiger charge is 2.21. The predicted octanol–water partition coefficient (Wildman–Crippen LogP) is 2.54. The fraction of sp³-hybridized carbons (Fsp3) is 0.375. The molecule has 2 aromatic rings. The number of methoxy groups -OCH3 is 1. The number of aromatic nitrogens is 1. The molecule has 3 rings (SSSR count). The molecular weight excluding hydrogens is 284 g/mol. The quantitative estimate of drug-likeness (QED) is 0.887. The number of nitrogens with one attached hydrogen (secondary N) is 1. The Balaban J connectivity index is 1.55. The molecule has 1 heterocycles. The lowest BCUT2D eigenvalue weighted by Crippen LogP contribution is -2.39. The highest BCUT2D eigenvalue weighted by molar-refractivity contribution is 5.92. The zero-order valence-electron chi connectivity index (χ0n) is 12.4. The Morgan fingerprint density at radius 3 is 2.95 bits per heavy atom. The lowest BCUT2D eigenvalue weighted by atomic mass is 9.93. The van der Waals surface area contributed by atoms with Crippen LogP contribution < -0.4 is 14.8 Å². The van der Waals surface area contributed by atoms with Crippen LogP contribution in [0, 0.1) is 0 Å².